The first-order valence-electron chi connectivity index (χ1n) is 11.5. The number of furan rings is 1. The van der Waals surface area contributed by atoms with Crippen molar-refractivity contribution in [1.82, 2.24) is 20.4 Å². The number of piperidine rings is 1. The smallest absolute Gasteiger partial charge is 0.259 e. The maximum absolute atomic E-state index is 14.0. The second-order valence-corrected chi connectivity index (χ2v) is 8.85. The first-order valence-corrected chi connectivity index (χ1v) is 11.5. The molecule has 1 saturated heterocycles. The Morgan fingerprint density at radius 2 is 1.83 bits per heavy atom. The zero-order chi connectivity index (χ0) is 24.7. The van der Waals surface area contributed by atoms with Gasteiger partial charge in [0.1, 0.15) is 17.3 Å². The van der Waals surface area contributed by atoms with Gasteiger partial charge in [-0.25, -0.2) is 9.37 Å². The molecule has 3 aromatic heterocycles. The van der Waals surface area contributed by atoms with Crippen molar-refractivity contribution in [3.05, 3.63) is 70.6 Å². The van der Waals surface area contributed by atoms with Crippen molar-refractivity contribution in [3.63, 3.8) is 0 Å². The summed E-state index contributed by atoms with van der Waals surface area (Å²) in [7, 11) is 0. The van der Waals surface area contributed by atoms with E-state index >= 15 is 0 Å². The molecule has 0 bridgehead atoms. The van der Waals surface area contributed by atoms with Gasteiger partial charge in [0.2, 0.25) is 0 Å². The quantitative estimate of drug-likeness (QED) is 0.463. The Bertz CT molecular complexity index is 1430. The lowest BCUT2D eigenvalue weighted by Crippen LogP contribution is -2.46. The summed E-state index contributed by atoms with van der Waals surface area (Å²) < 4.78 is 25.0. The van der Waals surface area contributed by atoms with Crippen LogP contribution in [0, 0.1) is 26.6 Å². The number of pyridine rings is 1. The monoisotopic (exact) mass is 476 g/mol. The van der Waals surface area contributed by atoms with Crippen LogP contribution in [0.3, 0.4) is 0 Å². The molecule has 0 spiro atoms. The minimum absolute atomic E-state index is 0.0643. The maximum atomic E-state index is 14.0. The molecule has 2 amide bonds. The van der Waals surface area contributed by atoms with E-state index in [1.165, 1.54) is 12.1 Å². The first-order chi connectivity index (χ1) is 16.8. The van der Waals surface area contributed by atoms with Crippen LogP contribution in [0.2, 0.25) is 0 Å². The van der Waals surface area contributed by atoms with Crippen LogP contribution in [0.5, 0.6) is 0 Å². The fourth-order valence-corrected chi connectivity index (χ4v) is 4.59. The van der Waals surface area contributed by atoms with E-state index in [0.29, 0.717) is 54.0 Å². The molecule has 1 aliphatic rings. The first kappa shape index (κ1) is 22.8. The summed E-state index contributed by atoms with van der Waals surface area (Å²) in [6.07, 6.45) is 1.13. The minimum atomic E-state index is -0.530. The summed E-state index contributed by atoms with van der Waals surface area (Å²) in [5.41, 5.74) is 2.70. The van der Waals surface area contributed by atoms with Gasteiger partial charge < -0.3 is 19.2 Å². The van der Waals surface area contributed by atoms with Gasteiger partial charge in [0.25, 0.3) is 17.5 Å². The molecule has 8 nitrogen and oxygen atoms in total. The standard InChI is InChI=1S/C26H25FN4O4/c1-14-12-19(16(3)34-14)22-13-20(23-15(2)30-35-25(23)29-22)24(32)28-17-8-10-31(11-9-17)26(33)18-6-4-5-7-21(18)27/h4-7,12-13,17H,8-11H2,1-3H3,(H,28,32). The number of amides is 2. The zero-order valence-corrected chi connectivity index (χ0v) is 19.7. The number of fused-ring (bicyclic) bond motifs is 1. The lowest BCUT2D eigenvalue weighted by molar-refractivity contribution is 0.0693. The fraction of sp³-hybridized carbons (Fsp3) is 0.308. The van der Waals surface area contributed by atoms with Crippen LogP contribution in [-0.4, -0.2) is 46.0 Å². The van der Waals surface area contributed by atoms with Crippen LogP contribution in [-0.2, 0) is 0 Å². The van der Waals surface area contributed by atoms with Gasteiger partial charge in [-0.05, 0) is 57.9 Å². The van der Waals surface area contributed by atoms with Crippen molar-refractivity contribution in [2.45, 2.75) is 39.7 Å². The highest BCUT2D eigenvalue weighted by atomic mass is 19.1. The lowest BCUT2D eigenvalue weighted by atomic mass is 10.0. The van der Waals surface area contributed by atoms with Crippen LogP contribution >= 0.6 is 0 Å². The van der Waals surface area contributed by atoms with Crippen LogP contribution in [0.1, 0.15) is 50.8 Å². The highest BCUT2D eigenvalue weighted by molar-refractivity contribution is 6.07. The Hall–Kier alpha value is -4.01. The summed E-state index contributed by atoms with van der Waals surface area (Å²) >= 11 is 0. The van der Waals surface area contributed by atoms with Gasteiger partial charge in [0.15, 0.2) is 0 Å². The van der Waals surface area contributed by atoms with Gasteiger partial charge in [0, 0.05) is 24.7 Å². The van der Waals surface area contributed by atoms with Crippen molar-refractivity contribution in [1.29, 1.82) is 0 Å². The molecule has 35 heavy (non-hydrogen) atoms. The van der Waals surface area contributed by atoms with E-state index in [9.17, 15) is 14.0 Å². The highest BCUT2D eigenvalue weighted by Crippen LogP contribution is 2.30. The average molecular weight is 477 g/mol. The molecule has 0 aliphatic carbocycles. The molecule has 1 fully saturated rings. The number of rotatable bonds is 4. The number of likely N-dealkylation sites (tertiary alicyclic amines) is 1. The normalized spacial score (nSPS) is 14.5. The van der Waals surface area contributed by atoms with Crippen LogP contribution in [0.4, 0.5) is 4.39 Å². The zero-order valence-electron chi connectivity index (χ0n) is 19.7. The van der Waals surface area contributed by atoms with Gasteiger partial charge in [-0.1, -0.05) is 17.3 Å². The largest absolute Gasteiger partial charge is 0.466 e. The molecule has 9 heteroatoms. The molecule has 4 heterocycles. The maximum Gasteiger partial charge on any atom is 0.259 e. The summed E-state index contributed by atoms with van der Waals surface area (Å²) in [6, 6.07) is 9.45. The summed E-state index contributed by atoms with van der Waals surface area (Å²) in [6.45, 7) is 6.31. The molecule has 1 aliphatic heterocycles. The number of carbonyl (C=O) groups is 2. The second kappa shape index (κ2) is 8.98. The Morgan fingerprint density at radius 3 is 2.51 bits per heavy atom. The number of hydrogen-bond acceptors (Lipinski definition) is 6. The van der Waals surface area contributed by atoms with E-state index in [0.717, 1.165) is 11.3 Å². The van der Waals surface area contributed by atoms with Gasteiger partial charge in [-0.3, -0.25) is 9.59 Å². The third kappa shape index (κ3) is 4.29. The molecule has 1 N–H and O–H groups in total. The van der Waals surface area contributed by atoms with Crippen molar-refractivity contribution >= 4 is 22.9 Å². The molecule has 0 radical (unpaired) electrons. The number of nitrogens with one attached hydrogen (secondary N) is 1. The number of carbonyl (C=O) groups excluding carboxylic acids is 2. The molecule has 4 aromatic rings. The summed E-state index contributed by atoms with van der Waals surface area (Å²) in [4.78, 5) is 32.2. The Kier molecular flexibility index (Phi) is 5.84. The topological polar surface area (TPSA) is 101 Å². The third-order valence-corrected chi connectivity index (χ3v) is 6.40. The van der Waals surface area contributed by atoms with Gasteiger partial charge >= 0.3 is 0 Å². The second-order valence-electron chi connectivity index (χ2n) is 8.85. The van der Waals surface area contributed by atoms with E-state index in [4.69, 9.17) is 8.94 Å². The molecular formula is C26H25FN4O4. The van der Waals surface area contributed by atoms with E-state index in [1.54, 1.807) is 30.0 Å². The number of hydrogen-bond donors (Lipinski definition) is 1. The average Bonchev–Trinajstić information content (AvgIpc) is 3.39. The van der Waals surface area contributed by atoms with E-state index < -0.39 is 5.82 Å². The number of halogens is 1. The summed E-state index contributed by atoms with van der Waals surface area (Å²) in [5.74, 6) is 0.318. The van der Waals surface area contributed by atoms with Gasteiger partial charge in [-0.2, -0.15) is 0 Å². The SMILES string of the molecule is Cc1cc(-c2cc(C(=O)NC3CCN(C(=O)c4ccccc4F)CC3)c3c(C)noc3n2)c(C)o1. The Morgan fingerprint density at radius 1 is 1.09 bits per heavy atom. The number of nitrogens with zero attached hydrogens (tertiary/aromatic N) is 3. The van der Waals surface area contributed by atoms with Crippen molar-refractivity contribution < 1.29 is 22.9 Å². The molecule has 0 atom stereocenters. The Balaban J connectivity index is 1.34. The van der Waals surface area contributed by atoms with E-state index in [2.05, 4.69) is 15.5 Å². The molecule has 0 unspecified atom stereocenters. The number of aromatic nitrogens is 2. The van der Waals surface area contributed by atoms with E-state index in [-0.39, 0.29) is 29.1 Å². The van der Waals surface area contributed by atoms with Crippen molar-refractivity contribution in [3.8, 4) is 11.3 Å². The van der Waals surface area contributed by atoms with E-state index in [1.807, 2.05) is 19.9 Å². The summed E-state index contributed by atoms with van der Waals surface area (Å²) in [5, 5.41) is 7.65. The molecule has 1 aromatic carbocycles. The third-order valence-electron chi connectivity index (χ3n) is 6.40. The van der Waals surface area contributed by atoms with Crippen LogP contribution in [0.25, 0.3) is 22.4 Å². The van der Waals surface area contributed by atoms with Crippen molar-refractivity contribution in [2.24, 2.45) is 0 Å². The molecular weight excluding hydrogens is 451 g/mol. The number of benzene rings is 1. The predicted octanol–water partition coefficient (Wildman–Crippen LogP) is 4.58. The number of aryl methyl sites for hydroxylation is 3. The minimum Gasteiger partial charge on any atom is -0.466 e. The van der Waals surface area contributed by atoms with Crippen LogP contribution < -0.4 is 5.32 Å². The molecule has 0 saturated carbocycles. The lowest BCUT2D eigenvalue weighted by Gasteiger charge is -2.32. The van der Waals surface area contributed by atoms with Crippen molar-refractivity contribution in [2.75, 3.05) is 13.1 Å². The van der Waals surface area contributed by atoms with Crippen LogP contribution in [0.15, 0.2) is 45.3 Å². The fourth-order valence-electron chi connectivity index (χ4n) is 4.59. The Labute approximate surface area is 201 Å². The predicted molar refractivity (Wildman–Crippen MR) is 127 cm³/mol. The molecule has 5 rings (SSSR count). The van der Waals surface area contributed by atoms with Gasteiger partial charge in [-0.15, -0.1) is 0 Å². The molecule has 180 valence electrons. The van der Waals surface area contributed by atoms with Gasteiger partial charge in [0.05, 0.1) is 27.9 Å². The highest BCUT2D eigenvalue weighted by Gasteiger charge is 2.28.